The van der Waals surface area contributed by atoms with Crippen LogP contribution in [0.25, 0.3) is 0 Å². The fourth-order valence-electron chi connectivity index (χ4n) is 2.06. The lowest BCUT2D eigenvalue weighted by atomic mass is 10.2. The minimum atomic E-state index is -1.33. The Labute approximate surface area is 151 Å². The highest BCUT2D eigenvalue weighted by Crippen LogP contribution is 2.16. The Balaban J connectivity index is 1.96. The van der Waals surface area contributed by atoms with E-state index in [1.807, 2.05) is 0 Å². The van der Waals surface area contributed by atoms with Gasteiger partial charge in [0.05, 0.1) is 26.2 Å². The number of nitro groups is 1. The Morgan fingerprint density at radius 1 is 1.15 bits per heavy atom. The number of benzene rings is 2. The molecule has 0 radical (unpaired) electrons. The van der Waals surface area contributed by atoms with E-state index in [-0.39, 0.29) is 11.3 Å². The van der Waals surface area contributed by atoms with Crippen LogP contribution in [0.1, 0.15) is 17.3 Å². The molecule has 9 heteroatoms. The highest BCUT2D eigenvalue weighted by molar-refractivity contribution is 7.85. The van der Waals surface area contributed by atoms with Crippen LogP contribution in [0.5, 0.6) is 0 Å². The number of carbonyl (C=O) groups excluding carboxylic acids is 2. The number of anilines is 1. The Morgan fingerprint density at radius 3 is 2.42 bits per heavy atom. The molecular formula is C17H16N2O6S. The van der Waals surface area contributed by atoms with Crippen molar-refractivity contribution in [3.05, 3.63) is 64.2 Å². The van der Waals surface area contributed by atoms with E-state index in [0.717, 1.165) is 0 Å². The van der Waals surface area contributed by atoms with Gasteiger partial charge in [-0.3, -0.25) is 19.1 Å². The largest absolute Gasteiger partial charge is 0.452 e. The van der Waals surface area contributed by atoms with E-state index >= 15 is 0 Å². The molecule has 2 aromatic rings. The Hall–Kier alpha value is -3.07. The SMILES string of the molecule is CC[S@](=O)c1ccccc1C(=O)OCC(=O)Nc1ccc([N+](=O)[O-])cc1. The lowest BCUT2D eigenvalue weighted by molar-refractivity contribution is -0.384. The molecule has 26 heavy (non-hydrogen) atoms. The topological polar surface area (TPSA) is 116 Å². The van der Waals surface area contributed by atoms with Crippen LogP contribution in [0.4, 0.5) is 11.4 Å². The van der Waals surface area contributed by atoms with Gasteiger partial charge in [-0.25, -0.2) is 4.79 Å². The molecule has 1 N–H and O–H groups in total. The summed E-state index contributed by atoms with van der Waals surface area (Å²) < 4.78 is 16.9. The maximum absolute atomic E-state index is 12.2. The number of nitro benzene ring substituents is 1. The zero-order chi connectivity index (χ0) is 19.1. The van der Waals surface area contributed by atoms with Crippen molar-refractivity contribution >= 4 is 34.1 Å². The molecule has 2 aromatic carbocycles. The Kier molecular flexibility index (Phi) is 6.56. The van der Waals surface area contributed by atoms with E-state index in [4.69, 9.17) is 4.74 Å². The second kappa shape index (κ2) is 8.86. The Bertz CT molecular complexity index is 851. The third-order valence-electron chi connectivity index (χ3n) is 3.31. The van der Waals surface area contributed by atoms with E-state index in [0.29, 0.717) is 16.3 Å². The average Bonchev–Trinajstić information content (AvgIpc) is 2.65. The predicted molar refractivity (Wildman–Crippen MR) is 95.4 cm³/mol. The molecule has 0 aliphatic rings. The number of hydrogen-bond acceptors (Lipinski definition) is 6. The summed E-state index contributed by atoms with van der Waals surface area (Å²) in [5.41, 5.74) is 0.384. The van der Waals surface area contributed by atoms with Gasteiger partial charge in [-0.2, -0.15) is 0 Å². The molecule has 0 heterocycles. The van der Waals surface area contributed by atoms with E-state index in [9.17, 15) is 23.9 Å². The highest BCUT2D eigenvalue weighted by atomic mass is 32.2. The lowest BCUT2D eigenvalue weighted by Gasteiger charge is -2.09. The van der Waals surface area contributed by atoms with Gasteiger partial charge in [-0.05, 0) is 24.3 Å². The fourth-order valence-corrected chi connectivity index (χ4v) is 3.00. The summed E-state index contributed by atoms with van der Waals surface area (Å²) >= 11 is 0. The molecule has 0 aromatic heterocycles. The molecule has 136 valence electrons. The number of non-ortho nitro benzene ring substituents is 1. The molecule has 1 amide bonds. The quantitative estimate of drug-likeness (QED) is 0.451. The van der Waals surface area contributed by atoms with E-state index < -0.39 is 34.2 Å². The molecule has 0 saturated heterocycles. The third kappa shape index (κ3) is 4.96. The average molecular weight is 376 g/mol. The zero-order valence-corrected chi connectivity index (χ0v) is 14.7. The van der Waals surface area contributed by atoms with Crippen LogP contribution in [-0.2, 0) is 20.3 Å². The molecule has 0 aliphatic carbocycles. The first-order valence-electron chi connectivity index (χ1n) is 7.61. The molecule has 0 bridgehead atoms. The first-order chi connectivity index (χ1) is 12.4. The summed E-state index contributed by atoms with van der Waals surface area (Å²) in [7, 11) is -1.33. The van der Waals surface area contributed by atoms with Crippen LogP contribution in [0.15, 0.2) is 53.4 Å². The number of nitrogens with zero attached hydrogens (tertiary/aromatic N) is 1. The number of hydrogen-bond donors (Lipinski definition) is 1. The van der Waals surface area contributed by atoms with Gasteiger partial charge in [-0.1, -0.05) is 19.1 Å². The van der Waals surface area contributed by atoms with Gasteiger partial charge in [0.1, 0.15) is 0 Å². The summed E-state index contributed by atoms with van der Waals surface area (Å²) in [4.78, 5) is 34.4. The number of carbonyl (C=O) groups is 2. The van der Waals surface area contributed by atoms with Gasteiger partial charge in [0, 0.05) is 23.6 Å². The van der Waals surface area contributed by atoms with E-state index in [2.05, 4.69) is 5.32 Å². The zero-order valence-electron chi connectivity index (χ0n) is 13.8. The second-order valence-corrected chi connectivity index (χ2v) is 6.77. The van der Waals surface area contributed by atoms with Crippen molar-refractivity contribution in [2.24, 2.45) is 0 Å². The van der Waals surface area contributed by atoms with Gasteiger partial charge < -0.3 is 10.1 Å². The summed E-state index contributed by atoms with van der Waals surface area (Å²) in [6.07, 6.45) is 0. The minimum Gasteiger partial charge on any atom is -0.452 e. The highest BCUT2D eigenvalue weighted by Gasteiger charge is 2.17. The van der Waals surface area contributed by atoms with Gasteiger partial charge >= 0.3 is 5.97 Å². The van der Waals surface area contributed by atoms with Crippen molar-refractivity contribution < 1.29 is 23.5 Å². The third-order valence-corrected chi connectivity index (χ3v) is 4.68. The van der Waals surface area contributed by atoms with Crippen LogP contribution >= 0.6 is 0 Å². The van der Waals surface area contributed by atoms with Crippen molar-refractivity contribution in [2.45, 2.75) is 11.8 Å². The molecular weight excluding hydrogens is 360 g/mol. The standard InChI is InChI=1S/C17H16N2O6S/c1-2-26(24)15-6-4-3-5-14(15)17(21)25-11-16(20)18-12-7-9-13(10-8-12)19(22)23/h3-10H,2,11H2,1H3,(H,18,20)/t26-/m0/s1. The number of amides is 1. The molecule has 0 aliphatic heterocycles. The first kappa shape index (κ1) is 19.3. The van der Waals surface area contributed by atoms with Gasteiger partial charge in [0.25, 0.3) is 11.6 Å². The molecule has 0 spiro atoms. The number of rotatable bonds is 7. The van der Waals surface area contributed by atoms with E-state index in [1.54, 1.807) is 25.1 Å². The molecule has 0 fully saturated rings. The summed E-state index contributed by atoms with van der Waals surface area (Å²) in [6.45, 7) is 1.19. The number of esters is 1. The molecule has 0 saturated carbocycles. The molecule has 2 rings (SSSR count). The normalized spacial score (nSPS) is 11.4. The summed E-state index contributed by atoms with van der Waals surface area (Å²) in [5.74, 6) is -0.993. The van der Waals surface area contributed by atoms with Gasteiger partial charge in [0.15, 0.2) is 6.61 Å². The first-order valence-corrected chi connectivity index (χ1v) is 8.93. The van der Waals surface area contributed by atoms with Crippen molar-refractivity contribution in [3.63, 3.8) is 0 Å². The van der Waals surface area contributed by atoms with Crippen LogP contribution < -0.4 is 5.32 Å². The lowest BCUT2D eigenvalue weighted by Crippen LogP contribution is -2.21. The van der Waals surface area contributed by atoms with Crippen LogP contribution in [-0.4, -0.2) is 33.4 Å². The maximum atomic E-state index is 12.2. The van der Waals surface area contributed by atoms with Crippen molar-refractivity contribution in [1.82, 2.24) is 0 Å². The molecule has 1 atom stereocenters. The van der Waals surface area contributed by atoms with Crippen LogP contribution in [0, 0.1) is 10.1 Å². The number of ether oxygens (including phenoxy) is 1. The van der Waals surface area contributed by atoms with Gasteiger partial charge in [-0.15, -0.1) is 0 Å². The maximum Gasteiger partial charge on any atom is 0.339 e. The minimum absolute atomic E-state index is 0.102. The van der Waals surface area contributed by atoms with Crippen LogP contribution in [0.3, 0.4) is 0 Å². The second-order valence-electron chi connectivity index (χ2n) is 5.06. The van der Waals surface area contributed by atoms with Crippen molar-refractivity contribution in [2.75, 3.05) is 17.7 Å². The summed E-state index contributed by atoms with van der Waals surface area (Å²) in [6, 6.07) is 11.6. The molecule has 0 unspecified atom stereocenters. The smallest absolute Gasteiger partial charge is 0.339 e. The number of nitrogens with one attached hydrogen (secondary N) is 1. The van der Waals surface area contributed by atoms with Crippen LogP contribution in [0.2, 0.25) is 0 Å². The van der Waals surface area contributed by atoms with Crippen molar-refractivity contribution in [1.29, 1.82) is 0 Å². The summed E-state index contributed by atoms with van der Waals surface area (Å²) in [5, 5.41) is 13.0. The predicted octanol–water partition coefficient (Wildman–Crippen LogP) is 2.52. The fraction of sp³-hybridized carbons (Fsp3) is 0.176. The van der Waals surface area contributed by atoms with Gasteiger partial charge in [0.2, 0.25) is 0 Å². The molecule has 8 nitrogen and oxygen atoms in total. The monoisotopic (exact) mass is 376 g/mol. The van der Waals surface area contributed by atoms with Crippen molar-refractivity contribution in [3.8, 4) is 0 Å². The van der Waals surface area contributed by atoms with E-state index in [1.165, 1.54) is 30.3 Å². The Morgan fingerprint density at radius 2 is 1.81 bits per heavy atom.